The normalized spacial score (nSPS) is 20.0. The molecule has 0 bridgehead atoms. The van der Waals surface area contributed by atoms with Gasteiger partial charge in [-0.3, -0.25) is 0 Å². The molecule has 0 spiro atoms. The van der Waals surface area contributed by atoms with Gasteiger partial charge in [0.15, 0.2) is 11.5 Å². The van der Waals surface area contributed by atoms with Gasteiger partial charge < -0.3 is 24.8 Å². The Hall–Kier alpha value is -2.66. The van der Waals surface area contributed by atoms with Crippen LogP contribution in [0.3, 0.4) is 0 Å². The van der Waals surface area contributed by atoms with Crippen molar-refractivity contribution in [3.05, 3.63) is 58.2 Å². The summed E-state index contributed by atoms with van der Waals surface area (Å²) in [6.45, 7) is 7.50. The second kappa shape index (κ2) is 7.55. The molecule has 3 N–H and O–H groups in total. The first kappa shape index (κ1) is 20.6. The molecule has 0 aliphatic carbocycles. The van der Waals surface area contributed by atoms with Crippen LogP contribution in [-0.2, 0) is 19.3 Å². The van der Waals surface area contributed by atoms with E-state index in [1.165, 1.54) is 5.57 Å². The average Bonchev–Trinajstić information content (AvgIpc) is 3.13. The molecule has 0 radical (unpaired) electrons. The van der Waals surface area contributed by atoms with Crippen LogP contribution in [0.25, 0.3) is 0 Å². The number of phenols is 2. The van der Waals surface area contributed by atoms with Gasteiger partial charge in [-0.15, -0.1) is 0 Å². The second-order valence-corrected chi connectivity index (χ2v) is 9.17. The Morgan fingerprint density at radius 2 is 1.93 bits per heavy atom. The molecular weight excluding hydrogens is 380 g/mol. The van der Waals surface area contributed by atoms with Crippen LogP contribution in [-0.4, -0.2) is 27.0 Å². The number of hydrogen-bond donors (Lipinski definition) is 3. The zero-order valence-electron chi connectivity index (χ0n) is 18.0. The van der Waals surface area contributed by atoms with Crippen molar-refractivity contribution in [2.24, 2.45) is 0 Å². The molecule has 2 aromatic carbocycles. The van der Waals surface area contributed by atoms with Gasteiger partial charge in [0.25, 0.3) is 0 Å². The number of hydrogen-bond acceptors (Lipinski definition) is 5. The largest absolute Gasteiger partial charge is 0.508 e. The maximum Gasteiger partial charge on any atom is 0.165 e. The molecule has 0 saturated heterocycles. The molecular formula is C25H30O5. The monoisotopic (exact) mass is 410 g/mol. The van der Waals surface area contributed by atoms with Crippen molar-refractivity contribution in [2.75, 3.05) is 0 Å². The first-order valence-electron chi connectivity index (χ1n) is 10.5. The molecule has 5 nitrogen and oxygen atoms in total. The summed E-state index contributed by atoms with van der Waals surface area (Å²) in [6, 6.07) is 7.25. The van der Waals surface area contributed by atoms with E-state index in [-0.39, 0.29) is 17.6 Å². The first-order chi connectivity index (χ1) is 14.1. The van der Waals surface area contributed by atoms with Gasteiger partial charge in [0.2, 0.25) is 0 Å². The minimum absolute atomic E-state index is 0.145. The smallest absolute Gasteiger partial charge is 0.165 e. The minimum Gasteiger partial charge on any atom is -0.508 e. The van der Waals surface area contributed by atoms with E-state index in [2.05, 4.69) is 6.08 Å². The van der Waals surface area contributed by atoms with E-state index in [4.69, 9.17) is 9.47 Å². The Kier molecular flexibility index (Phi) is 5.18. The van der Waals surface area contributed by atoms with Gasteiger partial charge in [0, 0.05) is 23.6 Å². The number of aryl methyl sites for hydroxylation is 1. The van der Waals surface area contributed by atoms with Crippen molar-refractivity contribution < 1.29 is 24.8 Å². The average molecular weight is 411 g/mol. The van der Waals surface area contributed by atoms with Crippen molar-refractivity contribution in [1.29, 1.82) is 0 Å². The zero-order chi connectivity index (χ0) is 21.6. The number of allylic oxidation sites excluding steroid dienone is 2. The van der Waals surface area contributed by atoms with Gasteiger partial charge in [-0.1, -0.05) is 17.7 Å². The van der Waals surface area contributed by atoms with Crippen molar-refractivity contribution in [2.45, 2.75) is 71.2 Å². The lowest BCUT2D eigenvalue weighted by Crippen LogP contribution is -2.39. The molecule has 2 aliphatic heterocycles. The molecule has 2 heterocycles. The van der Waals surface area contributed by atoms with Crippen LogP contribution in [0.15, 0.2) is 35.9 Å². The van der Waals surface area contributed by atoms with Gasteiger partial charge in [0.1, 0.15) is 23.7 Å². The lowest BCUT2D eigenvalue weighted by Gasteiger charge is -2.28. The third-order valence-corrected chi connectivity index (χ3v) is 5.98. The predicted molar refractivity (Wildman–Crippen MR) is 115 cm³/mol. The van der Waals surface area contributed by atoms with E-state index in [0.29, 0.717) is 24.3 Å². The van der Waals surface area contributed by atoms with E-state index in [1.54, 1.807) is 26.0 Å². The highest BCUT2D eigenvalue weighted by Crippen LogP contribution is 2.48. The number of fused-ring (bicyclic) bond motifs is 2. The SMILES string of the molecule is CC(C)=CCc1cc([C@@H]2CCc3ccc(O)cc3O2)c2c(c1O)OC(C(C)(C)O)C2. The molecule has 30 heavy (non-hydrogen) atoms. The number of aliphatic hydroxyl groups is 1. The third-order valence-electron chi connectivity index (χ3n) is 5.98. The van der Waals surface area contributed by atoms with E-state index >= 15 is 0 Å². The molecule has 0 aromatic heterocycles. The Balaban J connectivity index is 1.77. The highest BCUT2D eigenvalue weighted by Gasteiger charge is 2.40. The van der Waals surface area contributed by atoms with E-state index in [9.17, 15) is 15.3 Å². The van der Waals surface area contributed by atoms with Crippen LogP contribution in [0, 0.1) is 0 Å². The van der Waals surface area contributed by atoms with Crippen LogP contribution in [0.1, 0.15) is 62.5 Å². The molecule has 0 fully saturated rings. The standard InChI is InChI=1S/C25H30O5/c1-14(2)5-6-16-11-18(19-13-22(25(3,4)28)30-24(19)23(16)27)20-10-8-15-7-9-17(26)12-21(15)29-20/h5,7,9,11-12,20,22,26-28H,6,8,10,13H2,1-4H3/t20-,22?/m0/s1. The predicted octanol–water partition coefficient (Wildman–Crippen LogP) is 4.75. The van der Waals surface area contributed by atoms with Crippen LogP contribution >= 0.6 is 0 Å². The van der Waals surface area contributed by atoms with Crippen LogP contribution in [0.2, 0.25) is 0 Å². The van der Waals surface area contributed by atoms with Crippen molar-refractivity contribution in [3.63, 3.8) is 0 Å². The maximum atomic E-state index is 10.9. The summed E-state index contributed by atoms with van der Waals surface area (Å²) < 4.78 is 12.3. The van der Waals surface area contributed by atoms with Gasteiger partial charge >= 0.3 is 0 Å². The number of aromatic hydroxyl groups is 2. The number of rotatable bonds is 4. The van der Waals surface area contributed by atoms with Crippen molar-refractivity contribution >= 4 is 0 Å². The molecule has 0 amide bonds. The molecule has 160 valence electrons. The van der Waals surface area contributed by atoms with E-state index in [0.717, 1.165) is 35.1 Å². The molecule has 4 rings (SSSR count). The van der Waals surface area contributed by atoms with Crippen LogP contribution in [0.4, 0.5) is 0 Å². The van der Waals surface area contributed by atoms with Crippen LogP contribution < -0.4 is 9.47 Å². The molecule has 1 unspecified atom stereocenters. The Morgan fingerprint density at radius 1 is 1.17 bits per heavy atom. The van der Waals surface area contributed by atoms with Gasteiger partial charge in [-0.05, 0) is 70.2 Å². The zero-order valence-corrected chi connectivity index (χ0v) is 18.0. The Labute approximate surface area is 177 Å². The quantitative estimate of drug-likeness (QED) is 0.634. The summed E-state index contributed by atoms with van der Waals surface area (Å²) in [5, 5.41) is 31.3. The van der Waals surface area contributed by atoms with Gasteiger partial charge in [-0.2, -0.15) is 0 Å². The minimum atomic E-state index is -1.03. The second-order valence-electron chi connectivity index (χ2n) is 9.17. The fourth-order valence-electron chi connectivity index (χ4n) is 4.20. The first-order valence-corrected chi connectivity index (χ1v) is 10.5. The maximum absolute atomic E-state index is 10.9. The lowest BCUT2D eigenvalue weighted by molar-refractivity contribution is -0.0236. The third kappa shape index (κ3) is 3.86. The molecule has 2 atom stereocenters. The summed E-state index contributed by atoms with van der Waals surface area (Å²) in [5.74, 6) is 1.48. The van der Waals surface area contributed by atoms with E-state index in [1.807, 2.05) is 26.0 Å². The summed E-state index contributed by atoms with van der Waals surface area (Å²) in [5.41, 5.74) is 3.88. The van der Waals surface area contributed by atoms with Crippen LogP contribution in [0.5, 0.6) is 23.0 Å². The van der Waals surface area contributed by atoms with Crippen molar-refractivity contribution in [3.8, 4) is 23.0 Å². The summed E-state index contributed by atoms with van der Waals surface area (Å²) in [7, 11) is 0. The summed E-state index contributed by atoms with van der Waals surface area (Å²) in [6.07, 6.45) is 4.17. The van der Waals surface area contributed by atoms with Crippen molar-refractivity contribution in [1.82, 2.24) is 0 Å². The van der Waals surface area contributed by atoms with Gasteiger partial charge in [0.05, 0.1) is 5.60 Å². The fraction of sp³-hybridized carbons (Fsp3) is 0.440. The topological polar surface area (TPSA) is 79.2 Å². The number of phenolic OH excluding ortho intramolecular Hbond substituents is 2. The fourth-order valence-corrected chi connectivity index (χ4v) is 4.20. The number of ether oxygens (including phenoxy) is 2. The molecule has 2 aromatic rings. The highest BCUT2D eigenvalue weighted by molar-refractivity contribution is 5.59. The lowest BCUT2D eigenvalue weighted by atomic mass is 9.88. The Morgan fingerprint density at radius 3 is 2.63 bits per heavy atom. The summed E-state index contributed by atoms with van der Waals surface area (Å²) in [4.78, 5) is 0. The van der Waals surface area contributed by atoms with Gasteiger partial charge in [-0.25, -0.2) is 0 Å². The summed E-state index contributed by atoms with van der Waals surface area (Å²) >= 11 is 0. The number of benzene rings is 2. The molecule has 2 aliphatic rings. The van der Waals surface area contributed by atoms with E-state index < -0.39 is 11.7 Å². The highest BCUT2D eigenvalue weighted by atomic mass is 16.5. The molecule has 0 saturated carbocycles. The Bertz CT molecular complexity index is 996. The molecule has 5 heteroatoms.